The van der Waals surface area contributed by atoms with Crippen molar-refractivity contribution in [1.82, 2.24) is 9.78 Å². The number of nitrogens with zero attached hydrogens (tertiary/aromatic N) is 2. The molecule has 0 saturated carbocycles. The average Bonchev–Trinajstić information content (AvgIpc) is 2.74. The number of rotatable bonds is 6. The van der Waals surface area contributed by atoms with Crippen LogP contribution < -0.4 is 0 Å². The highest BCUT2D eigenvalue weighted by atomic mass is 16.5. The van der Waals surface area contributed by atoms with E-state index in [0.29, 0.717) is 13.2 Å². The highest BCUT2D eigenvalue weighted by molar-refractivity contribution is 5.35. The molecule has 0 saturated heterocycles. The lowest BCUT2D eigenvalue weighted by molar-refractivity contribution is 0.138. The van der Waals surface area contributed by atoms with Gasteiger partial charge in [0.2, 0.25) is 0 Å². The largest absolute Gasteiger partial charge is 0.384 e. The minimum atomic E-state index is -0.688. The Labute approximate surface area is 119 Å². The van der Waals surface area contributed by atoms with Gasteiger partial charge in [0, 0.05) is 12.6 Å². The third-order valence-electron chi connectivity index (χ3n) is 3.25. The van der Waals surface area contributed by atoms with Crippen LogP contribution in [0.5, 0.6) is 0 Å². The minimum absolute atomic E-state index is 0.405. The van der Waals surface area contributed by atoms with Gasteiger partial charge in [0.25, 0.3) is 0 Å². The number of aryl methyl sites for hydroxylation is 2. The molecular formula is C16H20N2O2. The zero-order valence-electron chi connectivity index (χ0n) is 11.9. The Morgan fingerprint density at radius 2 is 2.10 bits per heavy atom. The van der Waals surface area contributed by atoms with Gasteiger partial charge in [0.15, 0.2) is 0 Å². The Kier molecular flexibility index (Phi) is 4.71. The summed E-state index contributed by atoms with van der Waals surface area (Å²) in [5.74, 6) is 0. The van der Waals surface area contributed by atoms with Crippen LogP contribution in [-0.2, 0) is 18.4 Å². The van der Waals surface area contributed by atoms with Crippen molar-refractivity contribution in [2.75, 3.05) is 6.61 Å². The summed E-state index contributed by atoms with van der Waals surface area (Å²) in [6.07, 6.45) is 1.02. The maximum absolute atomic E-state index is 10.6. The number of hydrogen-bond donors (Lipinski definition) is 1. The summed E-state index contributed by atoms with van der Waals surface area (Å²) in [5, 5.41) is 15.0. The van der Waals surface area contributed by atoms with Crippen molar-refractivity contribution in [3.63, 3.8) is 0 Å². The summed E-state index contributed by atoms with van der Waals surface area (Å²) < 4.78 is 7.26. The van der Waals surface area contributed by atoms with Gasteiger partial charge in [0.05, 0.1) is 24.6 Å². The van der Waals surface area contributed by atoms with Crippen molar-refractivity contribution in [2.24, 2.45) is 7.05 Å². The molecule has 2 rings (SSSR count). The highest BCUT2D eigenvalue weighted by Crippen LogP contribution is 2.28. The second-order valence-corrected chi connectivity index (χ2v) is 4.69. The van der Waals surface area contributed by atoms with Gasteiger partial charge in [-0.1, -0.05) is 36.4 Å². The number of ether oxygens (including phenoxy) is 1. The predicted molar refractivity (Wildman–Crippen MR) is 78.3 cm³/mol. The van der Waals surface area contributed by atoms with Gasteiger partial charge in [-0.2, -0.15) is 5.10 Å². The highest BCUT2D eigenvalue weighted by Gasteiger charge is 2.21. The Morgan fingerprint density at radius 3 is 2.75 bits per heavy atom. The van der Waals surface area contributed by atoms with Crippen molar-refractivity contribution in [2.45, 2.75) is 19.6 Å². The predicted octanol–water partition coefficient (Wildman–Crippen LogP) is 2.51. The number of aliphatic hydroxyl groups excluding tert-OH is 1. The van der Waals surface area contributed by atoms with Crippen molar-refractivity contribution >= 4 is 0 Å². The first-order chi connectivity index (χ1) is 9.65. The maximum atomic E-state index is 10.6. The summed E-state index contributed by atoms with van der Waals surface area (Å²) in [7, 11) is 1.86. The average molecular weight is 272 g/mol. The lowest BCUT2D eigenvalue weighted by Crippen LogP contribution is -2.08. The summed E-state index contributed by atoms with van der Waals surface area (Å²) in [6, 6.07) is 9.58. The molecule has 1 heterocycles. The molecule has 4 nitrogen and oxygen atoms in total. The molecule has 0 bridgehead atoms. The molecule has 1 unspecified atom stereocenters. The van der Waals surface area contributed by atoms with E-state index in [2.05, 4.69) is 11.7 Å². The molecule has 106 valence electrons. The third-order valence-corrected chi connectivity index (χ3v) is 3.25. The van der Waals surface area contributed by atoms with E-state index in [-0.39, 0.29) is 0 Å². The monoisotopic (exact) mass is 272 g/mol. The fourth-order valence-corrected chi connectivity index (χ4v) is 2.29. The van der Waals surface area contributed by atoms with E-state index in [1.807, 2.05) is 44.3 Å². The van der Waals surface area contributed by atoms with E-state index in [1.165, 1.54) is 0 Å². The Bertz CT molecular complexity index is 576. The second kappa shape index (κ2) is 6.50. The van der Waals surface area contributed by atoms with Crippen LogP contribution in [0.1, 0.15) is 28.6 Å². The Balaban J connectivity index is 2.32. The molecule has 0 aliphatic rings. The second-order valence-electron chi connectivity index (χ2n) is 4.69. The first kappa shape index (κ1) is 14.5. The van der Waals surface area contributed by atoms with Crippen LogP contribution in [0, 0.1) is 6.92 Å². The molecule has 0 fully saturated rings. The molecule has 1 aromatic carbocycles. The Morgan fingerprint density at radius 1 is 1.40 bits per heavy atom. The third kappa shape index (κ3) is 2.98. The van der Waals surface area contributed by atoms with Crippen LogP contribution in [0.3, 0.4) is 0 Å². The maximum Gasteiger partial charge on any atom is 0.108 e. The molecule has 0 aliphatic carbocycles. The Hall–Kier alpha value is -1.91. The topological polar surface area (TPSA) is 47.3 Å². The molecule has 4 heteroatoms. The van der Waals surface area contributed by atoms with Crippen LogP contribution >= 0.6 is 0 Å². The molecule has 1 atom stereocenters. The van der Waals surface area contributed by atoms with E-state index in [9.17, 15) is 5.11 Å². The van der Waals surface area contributed by atoms with Gasteiger partial charge < -0.3 is 9.84 Å². The molecule has 20 heavy (non-hydrogen) atoms. The van der Waals surface area contributed by atoms with E-state index >= 15 is 0 Å². The molecule has 0 amide bonds. The molecule has 0 spiro atoms. The quantitative estimate of drug-likeness (QED) is 0.649. The SMILES string of the molecule is C=CCOCc1c(C(O)c2ccccc2)c(C)nn1C. The summed E-state index contributed by atoms with van der Waals surface area (Å²) in [4.78, 5) is 0. The van der Waals surface area contributed by atoms with E-state index in [0.717, 1.165) is 22.5 Å². The van der Waals surface area contributed by atoms with E-state index in [4.69, 9.17) is 4.74 Å². The van der Waals surface area contributed by atoms with Gasteiger partial charge in [0.1, 0.15) is 6.10 Å². The summed E-state index contributed by atoms with van der Waals surface area (Å²) in [6.45, 7) is 6.41. The van der Waals surface area contributed by atoms with Gasteiger partial charge in [-0.15, -0.1) is 6.58 Å². The van der Waals surface area contributed by atoms with Crippen LogP contribution in [-0.4, -0.2) is 21.5 Å². The molecule has 2 aromatic rings. The van der Waals surface area contributed by atoms with Gasteiger partial charge in [-0.25, -0.2) is 0 Å². The van der Waals surface area contributed by atoms with Crippen molar-refractivity contribution in [3.05, 3.63) is 65.5 Å². The fourth-order valence-electron chi connectivity index (χ4n) is 2.29. The van der Waals surface area contributed by atoms with Crippen molar-refractivity contribution < 1.29 is 9.84 Å². The minimum Gasteiger partial charge on any atom is -0.384 e. The molecule has 0 radical (unpaired) electrons. The van der Waals surface area contributed by atoms with Gasteiger partial charge in [-0.3, -0.25) is 4.68 Å². The lowest BCUT2D eigenvalue weighted by Gasteiger charge is -2.13. The van der Waals surface area contributed by atoms with Gasteiger partial charge >= 0.3 is 0 Å². The zero-order valence-corrected chi connectivity index (χ0v) is 11.9. The van der Waals surface area contributed by atoms with Crippen molar-refractivity contribution in [1.29, 1.82) is 0 Å². The number of benzene rings is 1. The first-order valence-corrected chi connectivity index (χ1v) is 6.59. The van der Waals surface area contributed by atoms with Crippen LogP contribution in [0.4, 0.5) is 0 Å². The van der Waals surface area contributed by atoms with Crippen LogP contribution in [0.25, 0.3) is 0 Å². The molecule has 1 aromatic heterocycles. The lowest BCUT2D eigenvalue weighted by atomic mass is 10.00. The van der Waals surface area contributed by atoms with Crippen molar-refractivity contribution in [3.8, 4) is 0 Å². The van der Waals surface area contributed by atoms with Crippen LogP contribution in [0.2, 0.25) is 0 Å². The normalized spacial score (nSPS) is 12.3. The smallest absolute Gasteiger partial charge is 0.108 e. The van der Waals surface area contributed by atoms with Gasteiger partial charge in [-0.05, 0) is 12.5 Å². The van der Waals surface area contributed by atoms with Crippen LogP contribution in [0.15, 0.2) is 43.0 Å². The van der Waals surface area contributed by atoms with E-state index < -0.39 is 6.10 Å². The first-order valence-electron chi connectivity index (χ1n) is 6.59. The molecule has 0 aliphatic heterocycles. The molecule has 1 N–H and O–H groups in total. The summed E-state index contributed by atoms with van der Waals surface area (Å²) in [5.41, 5.74) is 3.39. The van der Waals surface area contributed by atoms with E-state index in [1.54, 1.807) is 10.8 Å². The zero-order chi connectivity index (χ0) is 14.5. The molecular weight excluding hydrogens is 252 g/mol. The fraction of sp³-hybridized carbons (Fsp3) is 0.312. The number of aromatic nitrogens is 2. The summed E-state index contributed by atoms with van der Waals surface area (Å²) >= 11 is 0. The number of aliphatic hydroxyl groups is 1. The number of hydrogen-bond acceptors (Lipinski definition) is 3. The standard InChI is InChI=1S/C16H20N2O2/c1-4-10-20-11-14-15(12(2)17-18(14)3)16(19)13-8-6-5-7-9-13/h4-9,16,19H,1,10-11H2,2-3H3.